The average molecular weight is 347 g/mol. The van der Waals surface area contributed by atoms with Crippen LogP contribution in [0.15, 0.2) is 30.5 Å². The molecule has 1 unspecified atom stereocenters. The standard InChI is InChI=1S/C17H21N3O3S/c1-12-8-14-4-3-6-18-16(14)15(9-12)19-17(21)20-7-5-13(10-20)11-24(2,22)23/h3-4,6,8-9,13H,5,7,10-11H2,1-2H3,(H,19,21). The van der Waals surface area contributed by atoms with Gasteiger partial charge in [0.25, 0.3) is 0 Å². The van der Waals surface area contributed by atoms with E-state index in [9.17, 15) is 13.2 Å². The van der Waals surface area contributed by atoms with Gasteiger partial charge in [0.1, 0.15) is 9.84 Å². The summed E-state index contributed by atoms with van der Waals surface area (Å²) in [6.45, 7) is 3.01. The van der Waals surface area contributed by atoms with Gasteiger partial charge >= 0.3 is 6.03 Å². The summed E-state index contributed by atoms with van der Waals surface area (Å²) in [5.41, 5.74) is 2.48. The number of urea groups is 1. The molecule has 1 saturated heterocycles. The molecule has 1 fully saturated rings. The Kier molecular flexibility index (Phi) is 4.45. The van der Waals surface area contributed by atoms with Gasteiger partial charge in [0.15, 0.2) is 0 Å². The number of anilines is 1. The smallest absolute Gasteiger partial charge is 0.321 e. The highest BCUT2D eigenvalue weighted by Gasteiger charge is 2.28. The molecule has 128 valence electrons. The van der Waals surface area contributed by atoms with E-state index in [-0.39, 0.29) is 17.7 Å². The third-order valence-corrected chi connectivity index (χ3v) is 5.28. The molecule has 1 aromatic heterocycles. The van der Waals surface area contributed by atoms with Crippen molar-refractivity contribution in [1.82, 2.24) is 9.88 Å². The summed E-state index contributed by atoms with van der Waals surface area (Å²) in [5, 5.41) is 3.90. The number of nitrogens with zero attached hydrogens (tertiary/aromatic N) is 2. The first-order chi connectivity index (χ1) is 11.3. The first-order valence-electron chi connectivity index (χ1n) is 7.91. The van der Waals surface area contributed by atoms with Crippen LogP contribution in [0.4, 0.5) is 10.5 Å². The molecule has 0 radical (unpaired) electrons. The van der Waals surface area contributed by atoms with E-state index >= 15 is 0 Å². The molecule has 0 saturated carbocycles. The predicted molar refractivity (Wildman–Crippen MR) is 94.9 cm³/mol. The molecule has 7 heteroatoms. The Bertz CT molecular complexity index is 880. The molecule has 6 nitrogen and oxygen atoms in total. The van der Waals surface area contributed by atoms with Crippen molar-refractivity contribution >= 4 is 32.5 Å². The van der Waals surface area contributed by atoms with Gasteiger partial charge in [-0.3, -0.25) is 4.98 Å². The van der Waals surface area contributed by atoms with Crippen molar-refractivity contribution in [2.75, 3.05) is 30.4 Å². The summed E-state index contributed by atoms with van der Waals surface area (Å²) in [4.78, 5) is 18.5. The fourth-order valence-corrected chi connectivity index (χ4v) is 4.34. The number of fused-ring (bicyclic) bond motifs is 1. The molecule has 0 aliphatic carbocycles. The predicted octanol–water partition coefficient (Wildman–Crippen LogP) is 2.44. The van der Waals surface area contributed by atoms with Crippen LogP contribution in [0.1, 0.15) is 12.0 Å². The van der Waals surface area contributed by atoms with Crippen molar-refractivity contribution in [3.8, 4) is 0 Å². The first kappa shape index (κ1) is 16.7. The number of hydrogen-bond acceptors (Lipinski definition) is 4. The molecular formula is C17H21N3O3S. The van der Waals surface area contributed by atoms with Crippen LogP contribution >= 0.6 is 0 Å². The molecule has 0 bridgehead atoms. The van der Waals surface area contributed by atoms with E-state index < -0.39 is 9.84 Å². The zero-order valence-electron chi connectivity index (χ0n) is 13.8. The van der Waals surface area contributed by atoms with Crippen LogP contribution in [-0.2, 0) is 9.84 Å². The van der Waals surface area contributed by atoms with Gasteiger partial charge in [-0.1, -0.05) is 6.07 Å². The fraction of sp³-hybridized carbons (Fsp3) is 0.412. The highest BCUT2D eigenvalue weighted by atomic mass is 32.2. The molecule has 2 heterocycles. The maximum Gasteiger partial charge on any atom is 0.321 e. The maximum absolute atomic E-state index is 12.5. The molecular weight excluding hydrogens is 326 g/mol. The quantitative estimate of drug-likeness (QED) is 0.925. The van der Waals surface area contributed by atoms with Crippen LogP contribution in [0.2, 0.25) is 0 Å². The summed E-state index contributed by atoms with van der Waals surface area (Å²) < 4.78 is 22.8. The molecule has 24 heavy (non-hydrogen) atoms. The number of benzene rings is 1. The summed E-state index contributed by atoms with van der Waals surface area (Å²) in [5.74, 6) is 0.143. The number of carbonyl (C=O) groups excluding carboxylic acids is 1. The first-order valence-corrected chi connectivity index (χ1v) is 9.97. The lowest BCUT2D eigenvalue weighted by atomic mass is 10.1. The Morgan fingerprint density at radius 3 is 2.96 bits per heavy atom. The summed E-state index contributed by atoms with van der Waals surface area (Å²) >= 11 is 0. The Balaban J connectivity index is 1.74. The van der Waals surface area contributed by atoms with Crippen LogP contribution in [0.25, 0.3) is 10.9 Å². The fourth-order valence-electron chi connectivity index (χ4n) is 3.21. The second kappa shape index (κ2) is 6.39. The van der Waals surface area contributed by atoms with E-state index in [0.29, 0.717) is 25.2 Å². The number of carbonyl (C=O) groups is 1. The van der Waals surface area contributed by atoms with Crippen LogP contribution in [0, 0.1) is 12.8 Å². The van der Waals surface area contributed by atoms with E-state index in [1.165, 1.54) is 6.26 Å². The number of rotatable bonds is 3. The molecule has 1 aromatic carbocycles. The largest absolute Gasteiger partial charge is 0.324 e. The van der Waals surface area contributed by atoms with E-state index in [2.05, 4.69) is 10.3 Å². The molecule has 1 aliphatic rings. The molecule has 2 amide bonds. The zero-order valence-corrected chi connectivity index (χ0v) is 14.6. The highest BCUT2D eigenvalue weighted by Crippen LogP contribution is 2.25. The molecule has 1 N–H and O–H groups in total. The van der Waals surface area contributed by atoms with E-state index in [4.69, 9.17) is 0 Å². The van der Waals surface area contributed by atoms with Crippen molar-refractivity contribution in [2.24, 2.45) is 5.92 Å². The Labute approximate surface area is 141 Å². The van der Waals surface area contributed by atoms with E-state index in [1.807, 2.05) is 31.2 Å². The number of aromatic nitrogens is 1. The van der Waals surface area contributed by atoms with Gasteiger partial charge in [-0.2, -0.15) is 0 Å². The number of pyridine rings is 1. The lowest BCUT2D eigenvalue weighted by molar-refractivity contribution is 0.221. The zero-order chi connectivity index (χ0) is 17.3. The lowest BCUT2D eigenvalue weighted by Gasteiger charge is -2.18. The van der Waals surface area contributed by atoms with Crippen molar-refractivity contribution in [1.29, 1.82) is 0 Å². The summed E-state index contributed by atoms with van der Waals surface area (Å²) in [6.07, 6.45) is 3.65. The maximum atomic E-state index is 12.5. The molecule has 1 aliphatic heterocycles. The number of sulfone groups is 1. The van der Waals surface area contributed by atoms with Gasteiger partial charge < -0.3 is 10.2 Å². The van der Waals surface area contributed by atoms with Crippen LogP contribution < -0.4 is 5.32 Å². The SMILES string of the molecule is Cc1cc(NC(=O)N2CCC(CS(C)(=O)=O)C2)c2ncccc2c1. The van der Waals surface area contributed by atoms with Gasteiger partial charge in [0, 0.05) is 30.9 Å². The minimum atomic E-state index is -3.02. The summed E-state index contributed by atoms with van der Waals surface area (Å²) in [7, 11) is -3.02. The second-order valence-electron chi connectivity index (χ2n) is 6.51. The van der Waals surface area contributed by atoms with E-state index in [0.717, 1.165) is 16.5 Å². The normalized spacial score (nSPS) is 18.1. The van der Waals surface area contributed by atoms with Crippen molar-refractivity contribution in [3.05, 3.63) is 36.0 Å². The highest BCUT2D eigenvalue weighted by molar-refractivity contribution is 7.90. The number of hydrogen-bond donors (Lipinski definition) is 1. The number of aryl methyl sites for hydroxylation is 1. The summed E-state index contributed by atoms with van der Waals surface area (Å²) in [6, 6.07) is 7.54. The molecule has 2 aromatic rings. The Hall–Kier alpha value is -2.15. The minimum Gasteiger partial charge on any atom is -0.324 e. The Morgan fingerprint density at radius 2 is 2.21 bits per heavy atom. The van der Waals surface area contributed by atoms with Gasteiger partial charge in [0.05, 0.1) is 17.0 Å². The van der Waals surface area contributed by atoms with Crippen LogP contribution in [0.3, 0.4) is 0 Å². The van der Waals surface area contributed by atoms with Crippen molar-refractivity contribution < 1.29 is 13.2 Å². The minimum absolute atomic E-state index is 0.0122. The van der Waals surface area contributed by atoms with Gasteiger partial charge in [0.2, 0.25) is 0 Å². The van der Waals surface area contributed by atoms with Crippen LogP contribution in [0.5, 0.6) is 0 Å². The number of likely N-dealkylation sites (tertiary alicyclic amines) is 1. The third kappa shape index (κ3) is 3.84. The molecule has 0 spiro atoms. The number of nitrogens with one attached hydrogen (secondary N) is 1. The Morgan fingerprint density at radius 1 is 1.42 bits per heavy atom. The average Bonchev–Trinajstić information content (AvgIpc) is 2.93. The topological polar surface area (TPSA) is 79.4 Å². The van der Waals surface area contributed by atoms with Crippen molar-refractivity contribution in [2.45, 2.75) is 13.3 Å². The molecule has 3 rings (SSSR count). The van der Waals surface area contributed by atoms with Crippen LogP contribution in [-0.4, -0.2) is 49.4 Å². The molecule has 1 atom stereocenters. The van der Waals surface area contributed by atoms with Gasteiger partial charge in [-0.15, -0.1) is 0 Å². The van der Waals surface area contributed by atoms with Gasteiger partial charge in [-0.25, -0.2) is 13.2 Å². The lowest BCUT2D eigenvalue weighted by Crippen LogP contribution is -2.33. The van der Waals surface area contributed by atoms with Crippen molar-refractivity contribution in [3.63, 3.8) is 0 Å². The third-order valence-electron chi connectivity index (χ3n) is 4.20. The van der Waals surface area contributed by atoms with Gasteiger partial charge in [-0.05, 0) is 43.0 Å². The second-order valence-corrected chi connectivity index (χ2v) is 8.70. The monoisotopic (exact) mass is 347 g/mol. The number of amides is 2. The van der Waals surface area contributed by atoms with E-state index in [1.54, 1.807) is 11.1 Å².